The molecule has 1 fully saturated rings. The normalized spacial score (nSPS) is 14.5. The zero-order valence-corrected chi connectivity index (χ0v) is 19.7. The Balaban J connectivity index is 1.22. The molecule has 1 saturated heterocycles. The van der Waals surface area contributed by atoms with Gasteiger partial charge >= 0.3 is 0 Å². The summed E-state index contributed by atoms with van der Waals surface area (Å²) in [6.45, 7) is 1.96. The van der Waals surface area contributed by atoms with Gasteiger partial charge in [0.05, 0.1) is 5.75 Å². The first-order valence-electron chi connectivity index (χ1n) is 10.8. The molecule has 4 rings (SSSR count). The van der Waals surface area contributed by atoms with Gasteiger partial charge in [-0.05, 0) is 55.0 Å². The SMILES string of the molecule is Cn1c(COc2ccc(Cl)cc2)nnc1SCC(=O)N1CCC(Cc2ccccc2)CC1. The first kappa shape index (κ1) is 22.7. The highest BCUT2D eigenvalue weighted by Gasteiger charge is 2.23. The quantitative estimate of drug-likeness (QED) is 0.449. The van der Waals surface area contributed by atoms with Crippen molar-refractivity contribution in [3.8, 4) is 5.75 Å². The van der Waals surface area contributed by atoms with E-state index in [2.05, 4.69) is 40.5 Å². The lowest BCUT2D eigenvalue weighted by molar-refractivity contribution is -0.129. The van der Waals surface area contributed by atoms with Crippen molar-refractivity contribution in [3.05, 3.63) is 71.0 Å². The van der Waals surface area contributed by atoms with E-state index in [0.717, 1.165) is 38.1 Å². The number of aromatic nitrogens is 3. The van der Waals surface area contributed by atoms with Crippen LogP contribution in [0.5, 0.6) is 5.75 Å². The number of hydrogen-bond acceptors (Lipinski definition) is 5. The standard InChI is InChI=1S/C24H27ClN4O2S/c1-28-22(16-31-21-9-7-20(25)8-10-21)26-27-24(28)32-17-23(30)29-13-11-19(12-14-29)15-18-5-3-2-4-6-18/h2-10,19H,11-17H2,1H3. The molecule has 0 saturated carbocycles. The number of halogens is 1. The predicted octanol–water partition coefficient (Wildman–Crippen LogP) is 4.62. The number of ether oxygens (including phenoxy) is 1. The van der Waals surface area contributed by atoms with Gasteiger partial charge in [-0.15, -0.1) is 10.2 Å². The zero-order chi connectivity index (χ0) is 22.3. The molecule has 8 heteroatoms. The molecule has 32 heavy (non-hydrogen) atoms. The number of likely N-dealkylation sites (tertiary alicyclic amines) is 1. The number of hydrogen-bond donors (Lipinski definition) is 0. The monoisotopic (exact) mass is 470 g/mol. The van der Waals surface area contributed by atoms with Crippen molar-refractivity contribution in [2.45, 2.75) is 31.0 Å². The summed E-state index contributed by atoms with van der Waals surface area (Å²) in [6, 6.07) is 17.8. The van der Waals surface area contributed by atoms with E-state index in [1.165, 1.54) is 17.3 Å². The molecule has 0 bridgehead atoms. The lowest BCUT2D eigenvalue weighted by Gasteiger charge is -2.32. The summed E-state index contributed by atoms with van der Waals surface area (Å²) < 4.78 is 7.62. The molecule has 0 N–H and O–H groups in total. The molecule has 1 amide bonds. The Labute approximate surface area is 197 Å². The molecule has 0 radical (unpaired) electrons. The van der Waals surface area contributed by atoms with Gasteiger partial charge in [0, 0.05) is 25.2 Å². The Morgan fingerprint density at radius 1 is 1.09 bits per heavy atom. The fourth-order valence-electron chi connectivity index (χ4n) is 3.83. The summed E-state index contributed by atoms with van der Waals surface area (Å²) in [4.78, 5) is 14.7. The smallest absolute Gasteiger partial charge is 0.233 e. The second-order valence-corrected chi connectivity index (χ2v) is 9.38. The van der Waals surface area contributed by atoms with Gasteiger partial charge in [-0.3, -0.25) is 4.79 Å². The average molecular weight is 471 g/mol. The summed E-state index contributed by atoms with van der Waals surface area (Å²) in [5.41, 5.74) is 1.38. The summed E-state index contributed by atoms with van der Waals surface area (Å²) in [5, 5.41) is 9.81. The highest BCUT2D eigenvalue weighted by Crippen LogP contribution is 2.24. The molecule has 1 aliphatic rings. The fraction of sp³-hybridized carbons (Fsp3) is 0.375. The van der Waals surface area contributed by atoms with Gasteiger partial charge in [0.2, 0.25) is 5.91 Å². The number of benzene rings is 2. The second kappa shape index (κ2) is 10.9. The van der Waals surface area contributed by atoms with Crippen LogP contribution >= 0.6 is 23.4 Å². The van der Waals surface area contributed by atoms with Gasteiger partial charge in [-0.1, -0.05) is 53.7 Å². The maximum absolute atomic E-state index is 12.7. The zero-order valence-electron chi connectivity index (χ0n) is 18.1. The maximum atomic E-state index is 12.7. The van der Waals surface area contributed by atoms with Crippen molar-refractivity contribution in [1.82, 2.24) is 19.7 Å². The minimum absolute atomic E-state index is 0.162. The van der Waals surface area contributed by atoms with Crippen LogP contribution < -0.4 is 4.74 Å². The molecular formula is C24H27ClN4O2S. The molecule has 2 heterocycles. The van der Waals surface area contributed by atoms with E-state index in [1.54, 1.807) is 12.1 Å². The van der Waals surface area contributed by atoms with Crippen LogP contribution in [0.15, 0.2) is 59.8 Å². The van der Waals surface area contributed by atoms with E-state index < -0.39 is 0 Å². The van der Waals surface area contributed by atoms with Crippen molar-refractivity contribution in [2.75, 3.05) is 18.8 Å². The predicted molar refractivity (Wildman–Crippen MR) is 127 cm³/mol. The van der Waals surface area contributed by atoms with Gasteiger partial charge < -0.3 is 14.2 Å². The molecule has 0 atom stereocenters. The molecular weight excluding hydrogens is 444 g/mol. The van der Waals surface area contributed by atoms with Crippen LogP contribution in [0.25, 0.3) is 0 Å². The van der Waals surface area contributed by atoms with Gasteiger partial charge in [-0.2, -0.15) is 0 Å². The number of thioether (sulfide) groups is 1. The van der Waals surface area contributed by atoms with E-state index in [4.69, 9.17) is 16.3 Å². The van der Waals surface area contributed by atoms with E-state index in [-0.39, 0.29) is 5.91 Å². The molecule has 6 nitrogen and oxygen atoms in total. The van der Waals surface area contributed by atoms with Crippen molar-refractivity contribution >= 4 is 29.3 Å². The number of amides is 1. The average Bonchev–Trinajstić information content (AvgIpc) is 3.17. The van der Waals surface area contributed by atoms with Crippen LogP contribution in [-0.4, -0.2) is 44.4 Å². The molecule has 0 aliphatic carbocycles. The Morgan fingerprint density at radius 3 is 2.53 bits per heavy atom. The third-order valence-corrected chi connectivity index (χ3v) is 7.02. The highest BCUT2D eigenvalue weighted by molar-refractivity contribution is 7.99. The number of carbonyl (C=O) groups excluding carboxylic acids is 1. The molecule has 0 spiro atoms. The summed E-state index contributed by atoms with van der Waals surface area (Å²) in [5.74, 6) is 2.60. The van der Waals surface area contributed by atoms with Crippen LogP contribution in [-0.2, 0) is 24.9 Å². The first-order chi connectivity index (χ1) is 15.6. The number of nitrogens with zero attached hydrogens (tertiary/aromatic N) is 4. The van der Waals surface area contributed by atoms with Crippen LogP contribution in [0.3, 0.4) is 0 Å². The van der Waals surface area contributed by atoms with Crippen LogP contribution in [0.4, 0.5) is 0 Å². The largest absolute Gasteiger partial charge is 0.486 e. The van der Waals surface area contributed by atoms with Crippen molar-refractivity contribution in [3.63, 3.8) is 0 Å². The summed E-state index contributed by atoms with van der Waals surface area (Å²) >= 11 is 7.32. The van der Waals surface area contributed by atoms with E-state index in [1.807, 2.05) is 28.6 Å². The molecule has 2 aromatic carbocycles. The molecule has 1 aromatic heterocycles. The van der Waals surface area contributed by atoms with Gasteiger partial charge in [0.15, 0.2) is 11.0 Å². The lowest BCUT2D eigenvalue weighted by Crippen LogP contribution is -2.39. The van der Waals surface area contributed by atoms with Crippen LogP contribution in [0.2, 0.25) is 5.02 Å². The van der Waals surface area contributed by atoms with Gasteiger partial charge in [0.25, 0.3) is 0 Å². The third kappa shape index (κ3) is 6.04. The van der Waals surface area contributed by atoms with E-state index >= 15 is 0 Å². The second-order valence-electron chi connectivity index (χ2n) is 8.00. The topological polar surface area (TPSA) is 60.2 Å². The van der Waals surface area contributed by atoms with Crippen molar-refractivity contribution < 1.29 is 9.53 Å². The fourth-order valence-corrected chi connectivity index (χ4v) is 4.79. The highest BCUT2D eigenvalue weighted by atomic mass is 35.5. The van der Waals surface area contributed by atoms with Gasteiger partial charge in [0.1, 0.15) is 12.4 Å². The Kier molecular flexibility index (Phi) is 7.71. The van der Waals surface area contributed by atoms with E-state index in [0.29, 0.717) is 34.3 Å². The minimum atomic E-state index is 0.162. The Hall–Kier alpha value is -2.51. The number of carbonyl (C=O) groups is 1. The molecule has 0 unspecified atom stereocenters. The van der Waals surface area contributed by atoms with Gasteiger partial charge in [-0.25, -0.2) is 0 Å². The van der Waals surface area contributed by atoms with Crippen molar-refractivity contribution in [1.29, 1.82) is 0 Å². The lowest BCUT2D eigenvalue weighted by atomic mass is 9.90. The number of piperidine rings is 1. The van der Waals surface area contributed by atoms with Crippen LogP contribution in [0, 0.1) is 5.92 Å². The first-order valence-corrected chi connectivity index (χ1v) is 12.2. The Morgan fingerprint density at radius 2 is 1.81 bits per heavy atom. The Bertz CT molecular complexity index is 1020. The summed E-state index contributed by atoms with van der Waals surface area (Å²) in [6.07, 6.45) is 3.21. The van der Waals surface area contributed by atoms with Crippen LogP contribution in [0.1, 0.15) is 24.2 Å². The summed E-state index contributed by atoms with van der Waals surface area (Å²) in [7, 11) is 1.89. The maximum Gasteiger partial charge on any atom is 0.233 e. The minimum Gasteiger partial charge on any atom is -0.486 e. The van der Waals surface area contributed by atoms with E-state index in [9.17, 15) is 4.79 Å². The molecule has 3 aromatic rings. The molecule has 168 valence electrons. The third-order valence-electron chi connectivity index (χ3n) is 5.77. The molecule has 1 aliphatic heterocycles. The van der Waals surface area contributed by atoms with Crippen molar-refractivity contribution in [2.24, 2.45) is 13.0 Å². The number of rotatable bonds is 8.